The first-order valence-electron chi connectivity index (χ1n) is 7.94. The molecule has 1 aliphatic heterocycles. The van der Waals surface area contributed by atoms with Gasteiger partial charge in [0.25, 0.3) is 5.91 Å². The summed E-state index contributed by atoms with van der Waals surface area (Å²) in [4.78, 5) is 30.8. The third-order valence-electron chi connectivity index (χ3n) is 4.28. The molecule has 0 atom stereocenters. The molecule has 4 rings (SSSR count). The van der Waals surface area contributed by atoms with Crippen molar-refractivity contribution in [1.82, 2.24) is 14.5 Å². The average Bonchev–Trinajstić information content (AvgIpc) is 3.14. The van der Waals surface area contributed by atoms with Crippen molar-refractivity contribution in [2.75, 3.05) is 6.54 Å². The standard InChI is InChI=1S/C18H14FN3O3S/c19-12-3-1-2-11(8-12)9-22-6-5-21-10-13(17-20-4-7-26-17)15(23)16(24)14(21)18(22)25/h1-4,7-8,10,24H,5-6,9H2. The Morgan fingerprint density at radius 3 is 2.85 bits per heavy atom. The lowest BCUT2D eigenvalue weighted by atomic mass is 10.1. The molecule has 0 saturated heterocycles. The van der Waals surface area contributed by atoms with Crippen LogP contribution in [0.1, 0.15) is 16.1 Å². The molecule has 8 heteroatoms. The molecule has 3 aromatic rings. The molecule has 2 aromatic heterocycles. The van der Waals surface area contributed by atoms with Gasteiger partial charge >= 0.3 is 0 Å². The molecule has 0 aliphatic carbocycles. The number of hydrogen-bond donors (Lipinski definition) is 1. The van der Waals surface area contributed by atoms with Gasteiger partial charge in [0, 0.05) is 37.4 Å². The van der Waals surface area contributed by atoms with Gasteiger partial charge in [-0.15, -0.1) is 11.3 Å². The van der Waals surface area contributed by atoms with Crippen LogP contribution >= 0.6 is 11.3 Å². The number of aromatic nitrogens is 2. The first-order valence-corrected chi connectivity index (χ1v) is 8.82. The lowest BCUT2D eigenvalue weighted by Crippen LogP contribution is -2.41. The van der Waals surface area contributed by atoms with Crippen LogP contribution in [0, 0.1) is 5.82 Å². The fraction of sp³-hybridized carbons (Fsp3) is 0.167. The second kappa shape index (κ2) is 6.38. The molecule has 1 amide bonds. The highest BCUT2D eigenvalue weighted by atomic mass is 32.1. The molecule has 0 radical (unpaired) electrons. The molecule has 0 saturated carbocycles. The van der Waals surface area contributed by atoms with Crippen LogP contribution in [-0.4, -0.2) is 32.0 Å². The monoisotopic (exact) mass is 371 g/mol. The maximum Gasteiger partial charge on any atom is 0.274 e. The topological polar surface area (TPSA) is 75.4 Å². The third-order valence-corrected chi connectivity index (χ3v) is 5.09. The number of carbonyl (C=O) groups excluding carboxylic acids is 1. The summed E-state index contributed by atoms with van der Waals surface area (Å²) in [6.45, 7) is 1.02. The van der Waals surface area contributed by atoms with Gasteiger partial charge in [-0.3, -0.25) is 9.59 Å². The molecule has 1 aromatic carbocycles. The zero-order valence-corrected chi connectivity index (χ0v) is 14.4. The van der Waals surface area contributed by atoms with Crippen LogP contribution < -0.4 is 5.43 Å². The number of fused-ring (bicyclic) bond motifs is 1. The zero-order chi connectivity index (χ0) is 18.3. The minimum atomic E-state index is -0.618. The van der Waals surface area contributed by atoms with Crippen LogP contribution in [0.25, 0.3) is 10.6 Å². The Hall–Kier alpha value is -3.00. The molecule has 3 heterocycles. The number of benzene rings is 1. The molecule has 0 spiro atoms. The van der Waals surface area contributed by atoms with Gasteiger partial charge in [0.15, 0.2) is 11.4 Å². The van der Waals surface area contributed by atoms with E-state index in [1.165, 1.54) is 28.4 Å². The van der Waals surface area contributed by atoms with E-state index in [0.29, 0.717) is 23.7 Å². The summed E-state index contributed by atoms with van der Waals surface area (Å²) in [7, 11) is 0. The van der Waals surface area contributed by atoms with Crippen molar-refractivity contribution < 1.29 is 14.3 Å². The van der Waals surface area contributed by atoms with Gasteiger partial charge in [-0.1, -0.05) is 12.1 Å². The largest absolute Gasteiger partial charge is 0.503 e. The normalized spacial score (nSPS) is 13.7. The minimum Gasteiger partial charge on any atom is -0.503 e. The van der Waals surface area contributed by atoms with Gasteiger partial charge in [0.05, 0.1) is 5.56 Å². The van der Waals surface area contributed by atoms with Crippen LogP contribution in [-0.2, 0) is 13.1 Å². The Bertz CT molecular complexity index is 1050. The third kappa shape index (κ3) is 2.78. The van der Waals surface area contributed by atoms with Crippen LogP contribution in [0.5, 0.6) is 5.75 Å². The lowest BCUT2D eigenvalue weighted by Gasteiger charge is -2.30. The average molecular weight is 371 g/mol. The molecule has 26 heavy (non-hydrogen) atoms. The smallest absolute Gasteiger partial charge is 0.274 e. The first-order chi connectivity index (χ1) is 12.5. The van der Waals surface area contributed by atoms with E-state index in [1.807, 2.05) is 0 Å². The SMILES string of the molecule is O=C1c2c(O)c(=O)c(-c3nccs3)cn2CCN1Cc1cccc(F)c1. The van der Waals surface area contributed by atoms with Gasteiger partial charge in [-0.2, -0.15) is 0 Å². The molecular weight excluding hydrogens is 357 g/mol. The summed E-state index contributed by atoms with van der Waals surface area (Å²) >= 11 is 1.29. The number of carbonyl (C=O) groups is 1. The number of thiazole rings is 1. The molecular formula is C18H14FN3O3S. The second-order valence-corrected chi connectivity index (χ2v) is 6.85. The number of pyridine rings is 1. The number of nitrogens with zero attached hydrogens (tertiary/aromatic N) is 3. The highest BCUT2D eigenvalue weighted by Gasteiger charge is 2.30. The van der Waals surface area contributed by atoms with E-state index >= 15 is 0 Å². The minimum absolute atomic E-state index is 0.0436. The first kappa shape index (κ1) is 16.5. The van der Waals surface area contributed by atoms with E-state index in [9.17, 15) is 19.1 Å². The van der Waals surface area contributed by atoms with Gasteiger partial charge in [0.2, 0.25) is 5.43 Å². The molecule has 0 fully saturated rings. The van der Waals surface area contributed by atoms with Gasteiger partial charge in [-0.25, -0.2) is 9.37 Å². The lowest BCUT2D eigenvalue weighted by molar-refractivity contribution is 0.0683. The highest BCUT2D eigenvalue weighted by Crippen LogP contribution is 2.26. The number of aromatic hydroxyl groups is 1. The van der Waals surface area contributed by atoms with Crippen molar-refractivity contribution in [2.24, 2.45) is 0 Å². The molecule has 6 nitrogen and oxygen atoms in total. The van der Waals surface area contributed by atoms with Crippen molar-refractivity contribution in [3.8, 4) is 16.3 Å². The van der Waals surface area contributed by atoms with Gasteiger partial charge in [-0.05, 0) is 17.7 Å². The van der Waals surface area contributed by atoms with Crippen molar-refractivity contribution >= 4 is 17.2 Å². The fourth-order valence-electron chi connectivity index (χ4n) is 3.05. The van der Waals surface area contributed by atoms with Crippen molar-refractivity contribution in [3.63, 3.8) is 0 Å². The van der Waals surface area contributed by atoms with Gasteiger partial charge < -0.3 is 14.6 Å². The number of halogens is 1. The zero-order valence-electron chi connectivity index (χ0n) is 13.6. The van der Waals surface area contributed by atoms with E-state index in [4.69, 9.17) is 0 Å². The van der Waals surface area contributed by atoms with Crippen LogP contribution in [0.3, 0.4) is 0 Å². The van der Waals surface area contributed by atoms with Crippen LogP contribution in [0.15, 0.2) is 46.8 Å². The summed E-state index contributed by atoms with van der Waals surface area (Å²) in [6.07, 6.45) is 3.14. The van der Waals surface area contributed by atoms with Crippen molar-refractivity contribution in [3.05, 3.63) is 69.3 Å². The molecule has 1 aliphatic rings. The Labute approximate surface area is 151 Å². The Morgan fingerprint density at radius 2 is 2.12 bits per heavy atom. The predicted molar refractivity (Wildman–Crippen MR) is 94.6 cm³/mol. The molecule has 0 bridgehead atoms. The molecule has 132 valence electrons. The van der Waals surface area contributed by atoms with Crippen molar-refractivity contribution in [1.29, 1.82) is 0 Å². The second-order valence-electron chi connectivity index (χ2n) is 5.96. The Balaban J connectivity index is 1.71. The summed E-state index contributed by atoms with van der Waals surface area (Å²) in [5, 5.41) is 12.6. The van der Waals surface area contributed by atoms with E-state index in [2.05, 4.69) is 4.98 Å². The van der Waals surface area contributed by atoms with Crippen molar-refractivity contribution in [2.45, 2.75) is 13.1 Å². The quantitative estimate of drug-likeness (QED) is 0.767. The number of hydrogen-bond acceptors (Lipinski definition) is 5. The molecule has 0 unspecified atom stereocenters. The number of amides is 1. The summed E-state index contributed by atoms with van der Waals surface area (Å²) in [5.41, 5.74) is 0.255. The summed E-state index contributed by atoms with van der Waals surface area (Å²) in [6, 6.07) is 6.00. The van der Waals surface area contributed by atoms with E-state index < -0.39 is 17.1 Å². The van der Waals surface area contributed by atoms with Crippen LogP contribution in [0.2, 0.25) is 0 Å². The molecule has 1 N–H and O–H groups in total. The van der Waals surface area contributed by atoms with Crippen LogP contribution in [0.4, 0.5) is 4.39 Å². The van der Waals surface area contributed by atoms with E-state index in [0.717, 1.165) is 0 Å². The Kier molecular flexibility index (Phi) is 4.04. The summed E-state index contributed by atoms with van der Waals surface area (Å²) < 4.78 is 14.9. The summed E-state index contributed by atoms with van der Waals surface area (Å²) in [5.74, 6) is -1.41. The maximum absolute atomic E-state index is 13.4. The Morgan fingerprint density at radius 1 is 1.27 bits per heavy atom. The maximum atomic E-state index is 13.4. The highest BCUT2D eigenvalue weighted by molar-refractivity contribution is 7.13. The van der Waals surface area contributed by atoms with Gasteiger partial charge in [0.1, 0.15) is 10.8 Å². The predicted octanol–water partition coefficient (Wildman–Crippen LogP) is 2.47. The van der Waals surface area contributed by atoms with E-state index in [1.54, 1.807) is 34.5 Å². The number of rotatable bonds is 3. The van der Waals surface area contributed by atoms with E-state index in [-0.39, 0.29) is 23.6 Å². The fourth-order valence-corrected chi connectivity index (χ4v) is 3.69.